The summed E-state index contributed by atoms with van der Waals surface area (Å²) in [5, 5.41) is 3.35. The van der Waals surface area contributed by atoms with Crippen LogP contribution in [0.15, 0.2) is 18.2 Å². The summed E-state index contributed by atoms with van der Waals surface area (Å²) in [6, 6.07) is 6.49. The first kappa shape index (κ1) is 11.7. The van der Waals surface area contributed by atoms with Crippen molar-refractivity contribution >= 4 is 11.6 Å². The number of nitrogens with zero attached hydrogens (tertiary/aromatic N) is 1. The maximum atomic E-state index is 12.5. The first-order valence-corrected chi connectivity index (χ1v) is 6.84. The van der Waals surface area contributed by atoms with Crippen molar-refractivity contribution in [2.75, 3.05) is 25.0 Å². The van der Waals surface area contributed by atoms with Crippen LogP contribution in [0.2, 0.25) is 0 Å². The molecule has 0 spiro atoms. The van der Waals surface area contributed by atoms with E-state index in [9.17, 15) is 4.79 Å². The summed E-state index contributed by atoms with van der Waals surface area (Å²) in [6.07, 6.45) is 2.06. The Morgan fingerprint density at radius 3 is 3.00 bits per heavy atom. The largest absolute Gasteiger partial charge is 0.316 e. The van der Waals surface area contributed by atoms with Crippen molar-refractivity contribution in [1.82, 2.24) is 5.32 Å². The summed E-state index contributed by atoms with van der Waals surface area (Å²) < 4.78 is 0. The van der Waals surface area contributed by atoms with E-state index in [4.69, 9.17) is 0 Å². The molecule has 2 atom stereocenters. The predicted octanol–water partition coefficient (Wildman–Crippen LogP) is 1.92. The number of hydrogen-bond acceptors (Lipinski definition) is 2. The molecule has 2 heterocycles. The van der Waals surface area contributed by atoms with Gasteiger partial charge in [-0.05, 0) is 36.4 Å². The number of aryl methyl sites for hydroxylation is 1. The first-order chi connectivity index (χ1) is 8.74. The van der Waals surface area contributed by atoms with Gasteiger partial charge in [-0.15, -0.1) is 0 Å². The zero-order valence-electron chi connectivity index (χ0n) is 11.1. The Kier molecular flexibility index (Phi) is 2.86. The van der Waals surface area contributed by atoms with E-state index >= 15 is 0 Å². The van der Waals surface area contributed by atoms with E-state index in [0.717, 1.165) is 25.9 Å². The molecule has 2 aliphatic rings. The van der Waals surface area contributed by atoms with Gasteiger partial charge >= 0.3 is 0 Å². The molecule has 2 unspecified atom stereocenters. The summed E-state index contributed by atoms with van der Waals surface area (Å²) in [6.45, 7) is 4.00. The lowest BCUT2D eigenvalue weighted by Gasteiger charge is -2.41. The SMILES string of the molecule is CCc1cccc2c1N(C)C(=O)C1CNCCC21. The molecule has 0 radical (unpaired) electrons. The third kappa shape index (κ3) is 1.57. The molecular formula is C15H20N2O. The fourth-order valence-corrected chi connectivity index (χ4v) is 3.45. The zero-order valence-corrected chi connectivity index (χ0v) is 11.1. The van der Waals surface area contributed by atoms with Crippen LogP contribution in [0.5, 0.6) is 0 Å². The zero-order chi connectivity index (χ0) is 12.7. The molecular weight excluding hydrogens is 224 g/mol. The average Bonchev–Trinajstić information content (AvgIpc) is 2.44. The second-order valence-electron chi connectivity index (χ2n) is 5.31. The minimum absolute atomic E-state index is 0.128. The third-order valence-corrected chi connectivity index (χ3v) is 4.40. The Hall–Kier alpha value is -1.35. The lowest BCUT2D eigenvalue weighted by molar-refractivity contribution is -0.123. The van der Waals surface area contributed by atoms with E-state index in [1.165, 1.54) is 16.8 Å². The van der Waals surface area contributed by atoms with Crippen LogP contribution in [0.3, 0.4) is 0 Å². The molecule has 1 N–H and O–H groups in total. The van der Waals surface area contributed by atoms with Gasteiger partial charge in [0, 0.05) is 19.3 Å². The molecule has 3 rings (SSSR count). The number of piperidine rings is 1. The van der Waals surface area contributed by atoms with Gasteiger partial charge in [-0.1, -0.05) is 25.1 Å². The number of carbonyl (C=O) groups excluding carboxylic acids is 1. The molecule has 1 aromatic rings. The molecule has 2 aliphatic heterocycles. The van der Waals surface area contributed by atoms with Crippen LogP contribution in [-0.4, -0.2) is 26.0 Å². The third-order valence-electron chi connectivity index (χ3n) is 4.40. The maximum absolute atomic E-state index is 12.5. The summed E-state index contributed by atoms with van der Waals surface area (Å²) in [4.78, 5) is 14.4. The van der Waals surface area contributed by atoms with Crippen molar-refractivity contribution in [3.8, 4) is 0 Å². The van der Waals surface area contributed by atoms with Gasteiger partial charge in [0.2, 0.25) is 5.91 Å². The van der Waals surface area contributed by atoms with E-state index in [1.54, 1.807) is 0 Å². The molecule has 1 saturated heterocycles. The summed E-state index contributed by atoms with van der Waals surface area (Å²) in [5.74, 6) is 0.820. The van der Waals surface area contributed by atoms with E-state index in [2.05, 4.69) is 30.4 Å². The highest BCUT2D eigenvalue weighted by molar-refractivity contribution is 5.99. The van der Waals surface area contributed by atoms with Crippen molar-refractivity contribution in [2.24, 2.45) is 5.92 Å². The number of carbonyl (C=O) groups is 1. The number of hydrogen-bond donors (Lipinski definition) is 1. The van der Waals surface area contributed by atoms with Gasteiger partial charge in [-0.25, -0.2) is 0 Å². The Balaban J connectivity index is 2.15. The van der Waals surface area contributed by atoms with Crippen molar-refractivity contribution < 1.29 is 4.79 Å². The van der Waals surface area contributed by atoms with Crippen molar-refractivity contribution in [2.45, 2.75) is 25.7 Å². The van der Waals surface area contributed by atoms with Gasteiger partial charge in [0.1, 0.15) is 0 Å². The van der Waals surface area contributed by atoms with Crippen LogP contribution < -0.4 is 10.2 Å². The van der Waals surface area contributed by atoms with Crippen molar-refractivity contribution in [3.63, 3.8) is 0 Å². The van der Waals surface area contributed by atoms with Crippen LogP contribution in [-0.2, 0) is 11.2 Å². The van der Waals surface area contributed by atoms with E-state index < -0.39 is 0 Å². The lowest BCUT2D eigenvalue weighted by Crippen LogP contribution is -2.49. The molecule has 3 nitrogen and oxygen atoms in total. The van der Waals surface area contributed by atoms with Crippen LogP contribution in [0.4, 0.5) is 5.69 Å². The molecule has 1 fully saturated rings. The summed E-state index contributed by atoms with van der Waals surface area (Å²) >= 11 is 0. The lowest BCUT2D eigenvalue weighted by atomic mass is 9.76. The van der Waals surface area contributed by atoms with E-state index in [0.29, 0.717) is 5.92 Å². The van der Waals surface area contributed by atoms with E-state index in [1.807, 2.05) is 11.9 Å². The topological polar surface area (TPSA) is 32.3 Å². The molecule has 3 heteroatoms. The fraction of sp³-hybridized carbons (Fsp3) is 0.533. The van der Waals surface area contributed by atoms with Gasteiger partial charge in [-0.2, -0.15) is 0 Å². The molecule has 0 bridgehead atoms. The number of nitrogens with one attached hydrogen (secondary N) is 1. The van der Waals surface area contributed by atoms with Gasteiger partial charge in [0.05, 0.1) is 5.92 Å². The summed E-state index contributed by atoms with van der Waals surface area (Å²) in [7, 11) is 1.92. The minimum Gasteiger partial charge on any atom is -0.316 e. The van der Waals surface area contributed by atoms with Crippen LogP contribution in [0.1, 0.15) is 30.4 Å². The molecule has 1 amide bonds. The van der Waals surface area contributed by atoms with Gasteiger partial charge < -0.3 is 10.2 Å². The second-order valence-corrected chi connectivity index (χ2v) is 5.31. The van der Waals surface area contributed by atoms with Gasteiger partial charge in [-0.3, -0.25) is 4.79 Å². The molecule has 1 aromatic carbocycles. The Morgan fingerprint density at radius 2 is 2.22 bits per heavy atom. The van der Waals surface area contributed by atoms with Crippen molar-refractivity contribution in [3.05, 3.63) is 29.3 Å². The molecule has 0 saturated carbocycles. The monoisotopic (exact) mass is 244 g/mol. The van der Waals surface area contributed by atoms with Gasteiger partial charge in [0.25, 0.3) is 0 Å². The van der Waals surface area contributed by atoms with Crippen LogP contribution in [0, 0.1) is 5.92 Å². The van der Waals surface area contributed by atoms with Crippen molar-refractivity contribution in [1.29, 1.82) is 0 Å². The molecule has 0 aromatic heterocycles. The number of para-hydroxylation sites is 1. The quantitative estimate of drug-likeness (QED) is 0.818. The van der Waals surface area contributed by atoms with Gasteiger partial charge in [0.15, 0.2) is 0 Å². The fourth-order valence-electron chi connectivity index (χ4n) is 3.45. The predicted molar refractivity (Wildman–Crippen MR) is 72.9 cm³/mol. The normalized spacial score (nSPS) is 26.8. The highest BCUT2D eigenvalue weighted by Crippen LogP contribution is 2.43. The Morgan fingerprint density at radius 1 is 1.39 bits per heavy atom. The smallest absolute Gasteiger partial charge is 0.231 e. The maximum Gasteiger partial charge on any atom is 0.231 e. The standard InChI is InChI=1S/C15H20N2O/c1-3-10-5-4-6-12-11-7-8-16-9-13(11)15(18)17(2)14(10)12/h4-6,11,13,16H,3,7-9H2,1-2H3. The molecule has 0 aliphatic carbocycles. The number of benzene rings is 1. The Labute approximate surface area is 108 Å². The average molecular weight is 244 g/mol. The second kappa shape index (κ2) is 4.39. The highest BCUT2D eigenvalue weighted by atomic mass is 16.2. The number of anilines is 1. The minimum atomic E-state index is 0.128. The first-order valence-electron chi connectivity index (χ1n) is 6.84. The number of amides is 1. The van der Waals surface area contributed by atoms with Crippen LogP contribution >= 0.6 is 0 Å². The number of fused-ring (bicyclic) bond motifs is 3. The number of rotatable bonds is 1. The molecule has 96 valence electrons. The van der Waals surface area contributed by atoms with E-state index in [-0.39, 0.29) is 11.8 Å². The summed E-state index contributed by atoms with van der Waals surface area (Å²) in [5.41, 5.74) is 3.84. The molecule has 18 heavy (non-hydrogen) atoms. The Bertz CT molecular complexity index is 483. The highest BCUT2D eigenvalue weighted by Gasteiger charge is 2.40. The van der Waals surface area contributed by atoms with Crippen LogP contribution in [0.25, 0.3) is 0 Å².